The molecule has 2 heterocycles. The van der Waals surface area contributed by atoms with E-state index in [0.29, 0.717) is 13.0 Å². The average molecular weight is 340 g/mol. The topological polar surface area (TPSA) is 61.0 Å². The highest BCUT2D eigenvalue weighted by Crippen LogP contribution is 2.37. The zero-order valence-corrected chi connectivity index (χ0v) is 15.3. The quantitative estimate of drug-likeness (QED) is 0.850. The molecule has 2 atom stereocenters. The molecule has 1 aliphatic heterocycles. The number of nitrogens with one attached hydrogen (secondary N) is 2. The van der Waals surface area contributed by atoms with Crippen LogP contribution in [0.4, 0.5) is 0 Å². The van der Waals surface area contributed by atoms with Crippen molar-refractivity contribution in [2.45, 2.75) is 52.0 Å². The van der Waals surface area contributed by atoms with E-state index in [4.69, 9.17) is 0 Å². The van der Waals surface area contributed by atoms with Crippen LogP contribution < -0.4 is 5.32 Å². The number of carbonyl (C=O) groups is 1. The highest BCUT2D eigenvalue weighted by Gasteiger charge is 2.37. The third-order valence-electron chi connectivity index (χ3n) is 5.98. The van der Waals surface area contributed by atoms with Crippen molar-refractivity contribution in [1.82, 2.24) is 20.2 Å². The Morgan fingerprint density at radius 3 is 2.92 bits per heavy atom. The van der Waals surface area contributed by atoms with Gasteiger partial charge in [-0.3, -0.25) is 9.69 Å². The Morgan fingerprint density at radius 2 is 2.16 bits per heavy atom. The first-order chi connectivity index (χ1) is 12.1. The number of H-pyrrole nitrogens is 1. The lowest BCUT2D eigenvalue weighted by molar-refractivity contribution is -0.121. The van der Waals surface area contributed by atoms with Crippen LogP contribution in [-0.2, 0) is 11.2 Å². The monoisotopic (exact) mass is 340 g/mol. The maximum absolute atomic E-state index is 12.1. The molecule has 0 spiro atoms. The molecule has 4 rings (SSSR count). The molecule has 1 amide bonds. The molecular weight excluding hydrogens is 312 g/mol. The van der Waals surface area contributed by atoms with Crippen molar-refractivity contribution in [1.29, 1.82) is 0 Å². The number of likely N-dealkylation sites (tertiary alicyclic amines) is 1. The summed E-state index contributed by atoms with van der Waals surface area (Å²) in [6, 6.07) is 5.01. The van der Waals surface area contributed by atoms with Crippen LogP contribution in [0, 0.1) is 19.8 Å². The highest BCUT2D eigenvalue weighted by atomic mass is 16.1. The van der Waals surface area contributed by atoms with Crippen molar-refractivity contribution >= 4 is 16.9 Å². The minimum atomic E-state index is 0.158. The van der Waals surface area contributed by atoms with Crippen LogP contribution in [-0.4, -0.2) is 46.5 Å². The lowest BCUT2D eigenvalue weighted by Gasteiger charge is -2.26. The molecule has 5 nitrogen and oxygen atoms in total. The smallest absolute Gasteiger partial charge is 0.221 e. The van der Waals surface area contributed by atoms with Gasteiger partial charge in [0.05, 0.1) is 11.0 Å². The van der Waals surface area contributed by atoms with Gasteiger partial charge in [-0.25, -0.2) is 4.98 Å². The zero-order chi connectivity index (χ0) is 17.4. The number of piperidine rings is 1. The van der Waals surface area contributed by atoms with E-state index in [-0.39, 0.29) is 5.91 Å². The highest BCUT2D eigenvalue weighted by molar-refractivity contribution is 5.77. The van der Waals surface area contributed by atoms with Gasteiger partial charge in [0.2, 0.25) is 5.91 Å². The van der Waals surface area contributed by atoms with Crippen LogP contribution in [0.5, 0.6) is 0 Å². The molecule has 2 bridgehead atoms. The first-order valence-corrected chi connectivity index (χ1v) is 9.55. The number of nitrogens with zero attached hydrogens (tertiary/aromatic N) is 2. The molecular formula is C20H28N4O. The fourth-order valence-corrected chi connectivity index (χ4v) is 4.40. The Bertz CT molecular complexity index is 742. The van der Waals surface area contributed by atoms with Crippen molar-refractivity contribution in [3.63, 3.8) is 0 Å². The fourth-order valence-electron chi connectivity index (χ4n) is 4.40. The second-order valence-electron chi connectivity index (χ2n) is 7.81. The normalized spacial score (nSPS) is 22.8. The van der Waals surface area contributed by atoms with E-state index in [0.717, 1.165) is 41.8 Å². The van der Waals surface area contributed by atoms with E-state index in [2.05, 4.69) is 46.2 Å². The first-order valence-electron chi connectivity index (χ1n) is 9.55. The summed E-state index contributed by atoms with van der Waals surface area (Å²) in [6.07, 6.45) is 5.43. The Hall–Kier alpha value is -1.88. The summed E-state index contributed by atoms with van der Waals surface area (Å²) in [5, 5.41) is 3.04. The maximum atomic E-state index is 12.1. The van der Waals surface area contributed by atoms with E-state index in [1.54, 1.807) is 0 Å². The third-order valence-corrected chi connectivity index (χ3v) is 5.98. The van der Waals surface area contributed by atoms with Crippen molar-refractivity contribution in [2.75, 3.05) is 19.6 Å². The van der Waals surface area contributed by atoms with E-state index in [1.807, 2.05) is 0 Å². The van der Waals surface area contributed by atoms with Crippen LogP contribution >= 0.6 is 0 Å². The number of hydrogen-bond acceptors (Lipinski definition) is 3. The van der Waals surface area contributed by atoms with E-state index >= 15 is 0 Å². The van der Waals surface area contributed by atoms with Crippen molar-refractivity contribution in [2.24, 2.45) is 5.92 Å². The molecule has 0 radical (unpaired) electrons. The molecule has 2 N–H and O–H groups in total. The molecule has 134 valence electrons. The minimum Gasteiger partial charge on any atom is -0.356 e. The third kappa shape index (κ3) is 3.56. The molecule has 2 fully saturated rings. The number of amides is 1. The first kappa shape index (κ1) is 16.6. The second-order valence-corrected chi connectivity index (χ2v) is 7.81. The molecule has 2 aromatic rings. The van der Waals surface area contributed by atoms with Crippen LogP contribution in [0.2, 0.25) is 0 Å². The Balaban J connectivity index is 1.23. The van der Waals surface area contributed by atoms with Crippen molar-refractivity contribution in [3.05, 3.63) is 29.1 Å². The van der Waals surface area contributed by atoms with E-state index < -0.39 is 0 Å². The van der Waals surface area contributed by atoms with Gasteiger partial charge in [0, 0.05) is 38.5 Å². The number of rotatable bonds is 6. The number of aryl methyl sites for hydroxylation is 2. The molecule has 2 aliphatic rings. The number of aromatic nitrogens is 2. The summed E-state index contributed by atoms with van der Waals surface area (Å²) >= 11 is 0. The van der Waals surface area contributed by atoms with Gasteiger partial charge in [0.25, 0.3) is 0 Å². The van der Waals surface area contributed by atoms with Gasteiger partial charge in [-0.15, -0.1) is 0 Å². The zero-order valence-electron chi connectivity index (χ0n) is 15.3. The Kier molecular flexibility index (Phi) is 4.50. The summed E-state index contributed by atoms with van der Waals surface area (Å²) in [4.78, 5) is 22.6. The van der Waals surface area contributed by atoms with Gasteiger partial charge in [0.15, 0.2) is 0 Å². The number of fused-ring (bicyclic) bond motifs is 3. The fraction of sp³-hybridized carbons (Fsp3) is 0.600. The van der Waals surface area contributed by atoms with E-state index in [9.17, 15) is 4.79 Å². The summed E-state index contributed by atoms with van der Waals surface area (Å²) in [7, 11) is 0. The molecule has 1 saturated heterocycles. The summed E-state index contributed by atoms with van der Waals surface area (Å²) < 4.78 is 0. The molecule has 1 saturated carbocycles. The van der Waals surface area contributed by atoms with Crippen LogP contribution in [0.3, 0.4) is 0 Å². The predicted molar refractivity (Wildman–Crippen MR) is 99.6 cm³/mol. The number of carbonyl (C=O) groups excluding carboxylic acids is 1. The van der Waals surface area contributed by atoms with Crippen molar-refractivity contribution < 1.29 is 4.79 Å². The second kappa shape index (κ2) is 6.79. The average Bonchev–Trinajstić information content (AvgIpc) is 3.28. The molecule has 25 heavy (non-hydrogen) atoms. The van der Waals surface area contributed by atoms with Crippen molar-refractivity contribution in [3.8, 4) is 0 Å². The molecule has 5 heteroatoms. The standard InChI is InChI=1S/C20H28N4O/c1-13-9-17-18(10-14(13)2)23-19(22-17)5-7-21-20(25)6-8-24-12-15-3-4-16(24)11-15/h9-10,15-16H,3-8,11-12H2,1-2H3,(H,21,25)(H,22,23)/t15-,16+/m1/s1. The van der Waals surface area contributed by atoms with Gasteiger partial charge in [-0.2, -0.15) is 0 Å². The Morgan fingerprint density at radius 1 is 1.32 bits per heavy atom. The number of imidazole rings is 1. The lowest BCUT2D eigenvalue weighted by atomic mass is 10.1. The summed E-state index contributed by atoms with van der Waals surface area (Å²) in [5.41, 5.74) is 4.61. The molecule has 1 aromatic heterocycles. The lowest BCUT2D eigenvalue weighted by Crippen LogP contribution is -2.36. The van der Waals surface area contributed by atoms with Gasteiger partial charge < -0.3 is 10.3 Å². The van der Waals surface area contributed by atoms with E-state index in [1.165, 1.54) is 36.9 Å². The summed E-state index contributed by atoms with van der Waals surface area (Å²) in [5.74, 6) is 2.00. The molecule has 0 unspecified atom stereocenters. The van der Waals surface area contributed by atoms with Crippen LogP contribution in [0.1, 0.15) is 42.6 Å². The number of benzene rings is 1. The van der Waals surface area contributed by atoms with Gasteiger partial charge in [-0.05, 0) is 62.3 Å². The van der Waals surface area contributed by atoms with Crippen LogP contribution in [0.25, 0.3) is 11.0 Å². The number of aromatic amines is 1. The summed E-state index contributed by atoms with van der Waals surface area (Å²) in [6.45, 7) is 6.98. The van der Waals surface area contributed by atoms with Gasteiger partial charge in [-0.1, -0.05) is 0 Å². The van der Waals surface area contributed by atoms with Crippen LogP contribution in [0.15, 0.2) is 12.1 Å². The minimum absolute atomic E-state index is 0.158. The SMILES string of the molecule is Cc1cc2nc(CCNC(=O)CCN3C[C@@H]4CC[C@H]3C4)[nH]c2cc1C. The molecule has 1 aromatic carbocycles. The van der Waals surface area contributed by atoms with Gasteiger partial charge >= 0.3 is 0 Å². The largest absolute Gasteiger partial charge is 0.356 e. The Labute approximate surface area is 149 Å². The maximum Gasteiger partial charge on any atom is 0.221 e. The number of hydrogen-bond donors (Lipinski definition) is 2. The predicted octanol–water partition coefficient (Wildman–Crippen LogP) is 2.71. The van der Waals surface area contributed by atoms with Gasteiger partial charge in [0.1, 0.15) is 5.82 Å². The molecule has 1 aliphatic carbocycles.